The third-order valence-electron chi connectivity index (χ3n) is 18.5. The number of rotatable bonds is 22. The number of aliphatic hydroxyl groups is 3. The number of benzene rings is 3. The number of nitrogens with one attached hydrogen (secondary N) is 4. The van der Waals surface area contributed by atoms with Crippen molar-refractivity contribution < 1.29 is 58.1 Å². The van der Waals surface area contributed by atoms with Gasteiger partial charge >= 0.3 is 12.1 Å². The number of piperidine rings is 1. The number of likely N-dealkylation sites (N-methyl/N-ethyl adjacent to an activating group) is 1. The van der Waals surface area contributed by atoms with E-state index in [9.17, 15) is 20.1 Å². The lowest BCUT2D eigenvalue weighted by molar-refractivity contribution is -0.203. The number of carbonyl (C=O) groups is 3. The van der Waals surface area contributed by atoms with Gasteiger partial charge < -0.3 is 64.3 Å². The van der Waals surface area contributed by atoms with Gasteiger partial charge in [0.05, 0.1) is 72.2 Å². The van der Waals surface area contributed by atoms with Gasteiger partial charge in [0, 0.05) is 97.1 Å². The van der Waals surface area contributed by atoms with Gasteiger partial charge in [0.2, 0.25) is 0 Å². The summed E-state index contributed by atoms with van der Waals surface area (Å²) in [5.74, 6) is -0.803. The van der Waals surface area contributed by atoms with Gasteiger partial charge in [-0.15, -0.1) is 0 Å². The number of carbonyl (C=O) groups excluding carboxylic acids is 3. The van der Waals surface area contributed by atoms with E-state index in [4.69, 9.17) is 28.4 Å². The molecule has 4 aromatic rings. The fourth-order valence-electron chi connectivity index (χ4n) is 15.1. The number of nitrogens with zero attached hydrogens (tertiary/aromatic N) is 3. The van der Waals surface area contributed by atoms with Crippen molar-refractivity contribution in [3.63, 3.8) is 0 Å². The first kappa shape index (κ1) is 56.7. The summed E-state index contributed by atoms with van der Waals surface area (Å²) >= 11 is 0. The quantitative estimate of drug-likeness (QED) is 0.0256. The summed E-state index contributed by atoms with van der Waals surface area (Å²) in [7, 11) is 4.93. The van der Waals surface area contributed by atoms with Crippen LogP contribution in [0.4, 0.5) is 10.5 Å². The fraction of sp³-hybridized carbons (Fsp3) is 0.583. The van der Waals surface area contributed by atoms with Crippen molar-refractivity contribution in [2.24, 2.45) is 11.3 Å². The molecule has 10 rings (SSSR count). The minimum Gasteiger partial charge on any atom is -0.496 e. The molecule has 6 heterocycles. The SMILES string of the molecule is CC[C@]1(O)CC2CN(CCc3c([nH]c4ccccc34)[C@@](C(=O)OC)(c3cc4c(cc3OC)N(C)[C@@H]3C45CCN4CC=C[C@](CC)([C@H]45)[C@@H](O)[C@]3(O)C(=O)NCCOCCOCCOCCNCNC(=O)OCc3ccccc3)C2)C1. The highest BCUT2D eigenvalue weighted by Crippen LogP contribution is 2.67. The molecular formula is C60H81N7O12. The highest BCUT2D eigenvalue weighted by Gasteiger charge is 2.78. The summed E-state index contributed by atoms with van der Waals surface area (Å²) in [5, 5.41) is 48.3. The van der Waals surface area contributed by atoms with Crippen molar-refractivity contribution in [3.8, 4) is 5.75 Å². The Bertz CT molecular complexity index is 2850. The molecule has 0 radical (unpaired) electrons. The van der Waals surface area contributed by atoms with Gasteiger partial charge in [-0.3, -0.25) is 24.7 Å². The molecule has 2 bridgehead atoms. The summed E-state index contributed by atoms with van der Waals surface area (Å²) in [4.78, 5) is 53.0. The molecule has 19 nitrogen and oxygen atoms in total. The smallest absolute Gasteiger partial charge is 0.408 e. The Morgan fingerprint density at radius 3 is 2.30 bits per heavy atom. The molecule has 7 N–H and O–H groups in total. The topological polar surface area (TPSA) is 229 Å². The van der Waals surface area contributed by atoms with E-state index in [-0.39, 0.29) is 45.0 Å². The van der Waals surface area contributed by atoms with Gasteiger partial charge in [0.1, 0.15) is 23.9 Å². The number of hydrogen-bond acceptors (Lipinski definition) is 16. The van der Waals surface area contributed by atoms with E-state index in [2.05, 4.69) is 48.9 Å². The molecule has 1 saturated carbocycles. The van der Waals surface area contributed by atoms with Crippen LogP contribution >= 0.6 is 0 Å². The van der Waals surface area contributed by atoms with Crippen LogP contribution in [0.1, 0.15) is 73.9 Å². The van der Waals surface area contributed by atoms with E-state index in [1.807, 2.05) is 86.5 Å². The van der Waals surface area contributed by atoms with Crippen LogP contribution in [0, 0.1) is 11.3 Å². The Hall–Kier alpha value is -5.61. The Kier molecular flexibility index (Phi) is 16.8. The van der Waals surface area contributed by atoms with Crippen LogP contribution < -0.4 is 25.6 Å². The highest BCUT2D eigenvalue weighted by atomic mass is 16.6. The van der Waals surface area contributed by atoms with Gasteiger partial charge in [0.15, 0.2) is 5.60 Å². The van der Waals surface area contributed by atoms with Gasteiger partial charge in [-0.2, -0.15) is 0 Å². The second-order valence-electron chi connectivity index (χ2n) is 22.6. The van der Waals surface area contributed by atoms with E-state index in [1.54, 1.807) is 7.11 Å². The predicted octanol–water partition coefficient (Wildman–Crippen LogP) is 3.89. The number of aromatic nitrogens is 1. The highest BCUT2D eigenvalue weighted by molar-refractivity contribution is 5.95. The molecule has 2 saturated heterocycles. The number of esters is 1. The number of fused-ring (bicyclic) bond motifs is 6. The Balaban J connectivity index is 0.860. The van der Waals surface area contributed by atoms with Crippen LogP contribution in [0.3, 0.4) is 0 Å². The number of anilines is 1. The van der Waals surface area contributed by atoms with E-state index in [1.165, 1.54) is 7.11 Å². The zero-order valence-corrected chi connectivity index (χ0v) is 46.5. The second-order valence-corrected chi connectivity index (χ2v) is 22.6. The predicted molar refractivity (Wildman–Crippen MR) is 297 cm³/mol. The molecule has 5 aliphatic heterocycles. The number of alkyl carbamates (subject to hydrolysis) is 1. The first-order valence-electron chi connectivity index (χ1n) is 28.3. The zero-order valence-electron chi connectivity index (χ0n) is 46.5. The average molecular weight is 1090 g/mol. The number of H-pyrrole nitrogens is 1. The molecule has 3 fully saturated rings. The van der Waals surface area contributed by atoms with Crippen molar-refractivity contribution in [2.75, 3.05) is 118 Å². The summed E-state index contributed by atoms with van der Waals surface area (Å²) in [6.45, 7) is 10.1. The molecule has 6 aliphatic rings. The largest absolute Gasteiger partial charge is 0.496 e. The number of para-hydroxylation sites is 1. The van der Waals surface area contributed by atoms with Crippen molar-refractivity contribution in [2.45, 2.75) is 99.2 Å². The fourth-order valence-corrected chi connectivity index (χ4v) is 15.1. The lowest BCUT2D eigenvalue weighted by atomic mass is 9.47. The average Bonchev–Trinajstić information content (AvgIpc) is 2.50. The summed E-state index contributed by atoms with van der Waals surface area (Å²) in [6, 6.07) is 20.4. The Morgan fingerprint density at radius 1 is 0.835 bits per heavy atom. The maximum Gasteiger partial charge on any atom is 0.408 e. The molecule has 19 heteroatoms. The number of ether oxygens (including phenoxy) is 6. The summed E-state index contributed by atoms with van der Waals surface area (Å²) < 4.78 is 34.8. The zero-order chi connectivity index (χ0) is 55.6. The Labute approximate surface area is 463 Å². The second kappa shape index (κ2) is 23.5. The van der Waals surface area contributed by atoms with Crippen LogP contribution in [-0.2, 0) is 57.1 Å². The van der Waals surface area contributed by atoms with Crippen molar-refractivity contribution in [3.05, 3.63) is 107 Å². The van der Waals surface area contributed by atoms with Crippen LogP contribution in [0.25, 0.3) is 10.9 Å². The number of amides is 2. The maximum atomic E-state index is 15.5. The van der Waals surface area contributed by atoms with E-state index >= 15 is 9.59 Å². The Morgan fingerprint density at radius 2 is 1.57 bits per heavy atom. The van der Waals surface area contributed by atoms with Gasteiger partial charge in [-0.05, 0) is 79.8 Å². The molecule has 1 aromatic heterocycles. The molecule has 3 aromatic carbocycles. The third-order valence-corrected chi connectivity index (χ3v) is 18.5. The van der Waals surface area contributed by atoms with Crippen LogP contribution in [0.15, 0.2) is 78.9 Å². The van der Waals surface area contributed by atoms with E-state index in [0.29, 0.717) is 116 Å². The van der Waals surface area contributed by atoms with Crippen LogP contribution in [-0.4, -0.2) is 191 Å². The molecule has 1 aliphatic carbocycles. The summed E-state index contributed by atoms with van der Waals surface area (Å²) in [5.41, 5.74) is -0.868. The van der Waals surface area contributed by atoms with Gasteiger partial charge in [0.25, 0.3) is 5.91 Å². The number of hydrogen-bond donors (Lipinski definition) is 7. The minimum atomic E-state index is -2.33. The number of methoxy groups -OCH3 is 2. The third kappa shape index (κ3) is 10.00. The molecule has 79 heavy (non-hydrogen) atoms. The van der Waals surface area contributed by atoms with Crippen LogP contribution in [0.2, 0.25) is 0 Å². The first-order valence-corrected chi connectivity index (χ1v) is 28.3. The first-order chi connectivity index (χ1) is 38.2. The van der Waals surface area contributed by atoms with E-state index < -0.39 is 57.6 Å². The molecule has 3 unspecified atom stereocenters. The molecule has 428 valence electrons. The van der Waals surface area contributed by atoms with E-state index in [0.717, 1.165) is 39.0 Å². The lowest BCUT2D eigenvalue weighted by Gasteiger charge is -2.63. The van der Waals surface area contributed by atoms with Crippen molar-refractivity contribution >= 4 is 34.6 Å². The van der Waals surface area contributed by atoms with Crippen molar-refractivity contribution in [1.29, 1.82) is 0 Å². The molecule has 10 atom stereocenters. The molecule has 1 spiro atoms. The maximum absolute atomic E-state index is 15.5. The normalized spacial score (nSPS) is 30.5. The number of aromatic amines is 1. The standard InChI is InChI=1S/C60H81N7O12/c1-6-56(72)34-41-35-59(54(70)75-5,49-43(18-24-66(36-41)38-56)42-16-11-12-17-46(42)64-49)45-32-44-47(33-48(45)74-4)65(3)51-58(44)20-25-67-23-13-19-57(7-2,50(58)67)52(68)60(51,73)53(69)62-22-27-77-29-31-78-30-28-76-26-21-61-39-63-55(71)79-37-40-14-9-8-10-15-40/h8-17,19,32-33,41,50-52,61,64,68,72-73H,6-7,18,20-31,34-39H2,1-5H3,(H,62,69)(H,63,71)/t41?,50-,51+,52+,56-,57+,58?,59-,60-/m0/s1. The lowest BCUT2D eigenvalue weighted by Crippen LogP contribution is -2.81. The van der Waals surface area contributed by atoms with Crippen LogP contribution in [0.5, 0.6) is 5.75 Å². The van der Waals surface area contributed by atoms with Gasteiger partial charge in [-0.1, -0.05) is 74.5 Å². The minimum absolute atomic E-state index is 0.0721. The molecule has 2 amide bonds. The van der Waals surface area contributed by atoms with Crippen molar-refractivity contribution in [1.82, 2.24) is 30.7 Å². The summed E-state index contributed by atoms with van der Waals surface area (Å²) in [6.07, 6.45) is 5.12. The molecular weight excluding hydrogens is 1010 g/mol. The number of aliphatic hydroxyl groups excluding tert-OH is 1. The van der Waals surface area contributed by atoms with Gasteiger partial charge in [-0.25, -0.2) is 4.79 Å². The monoisotopic (exact) mass is 1090 g/mol.